The number of ether oxygens (including phenoxy) is 1. The quantitative estimate of drug-likeness (QED) is 0.445. The van der Waals surface area contributed by atoms with Gasteiger partial charge in [0.1, 0.15) is 11.3 Å². The van der Waals surface area contributed by atoms with Gasteiger partial charge >= 0.3 is 0 Å². The van der Waals surface area contributed by atoms with E-state index >= 15 is 0 Å². The van der Waals surface area contributed by atoms with Crippen LogP contribution in [0.1, 0.15) is 57.6 Å². The molecule has 1 aliphatic carbocycles. The number of halogens is 2. The third kappa shape index (κ3) is 6.13. The molecule has 0 spiro atoms. The number of benzene rings is 2. The largest absolute Gasteiger partial charge is 0.482 e. The zero-order chi connectivity index (χ0) is 26.0. The maximum Gasteiger partial charge on any atom is 0.261 e. The number of anilines is 1. The average molecular weight is 520 g/mol. The second-order valence-corrected chi connectivity index (χ2v) is 11.6. The van der Waals surface area contributed by atoms with Gasteiger partial charge < -0.3 is 15.0 Å². The first-order chi connectivity index (χ1) is 16.3. The number of rotatable bonds is 6. The summed E-state index contributed by atoms with van der Waals surface area (Å²) in [6, 6.07) is 10.8. The third-order valence-corrected chi connectivity index (χ3v) is 7.97. The highest BCUT2D eigenvalue weighted by molar-refractivity contribution is 6.35. The van der Waals surface area contributed by atoms with Gasteiger partial charge in [0, 0.05) is 17.8 Å². The van der Waals surface area contributed by atoms with Gasteiger partial charge in [-0.3, -0.25) is 9.59 Å². The van der Waals surface area contributed by atoms with Crippen LogP contribution in [0.4, 0.5) is 5.69 Å². The summed E-state index contributed by atoms with van der Waals surface area (Å²) in [5.41, 5.74) is 1.98. The van der Waals surface area contributed by atoms with E-state index in [1.165, 1.54) is 0 Å². The number of para-hydroxylation sites is 1. The molecule has 3 rings (SSSR count). The normalized spacial score (nSPS) is 20.3. The summed E-state index contributed by atoms with van der Waals surface area (Å²) < 4.78 is 5.71. The lowest BCUT2D eigenvalue weighted by atomic mass is 9.66. The summed E-state index contributed by atoms with van der Waals surface area (Å²) >= 11 is 12.2. The number of hydrogen-bond acceptors (Lipinski definition) is 3. The van der Waals surface area contributed by atoms with Crippen molar-refractivity contribution in [2.45, 2.75) is 65.8 Å². The molecule has 1 aliphatic rings. The summed E-state index contributed by atoms with van der Waals surface area (Å²) in [5.74, 6) is 0.434. The smallest absolute Gasteiger partial charge is 0.261 e. The van der Waals surface area contributed by atoms with E-state index in [0.29, 0.717) is 34.6 Å². The fourth-order valence-electron chi connectivity index (χ4n) is 4.98. The van der Waals surface area contributed by atoms with E-state index in [-0.39, 0.29) is 23.8 Å². The van der Waals surface area contributed by atoms with Crippen LogP contribution in [0.25, 0.3) is 0 Å². The molecule has 190 valence electrons. The van der Waals surface area contributed by atoms with Crippen molar-refractivity contribution in [3.63, 3.8) is 0 Å². The number of nitrogens with zero attached hydrogens (tertiary/aromatic N) is 1. The molecule has 0 unspecified atom stereocenters. The van der Waals surface area contributed by atoms with Gasteiger partial charge in [0.25, 0.3) is 5.91 Å². The Morgan fingerprint density at radius 3 is 2.23 bits per heavy atom. The molecule has 1 saturated carbocycles. The van der Waals surface area contributed by atoms with Crippen molar-refractivity contribution in [2.24, 2.45) is 11.3 Å². The van der Waals surface area contributed by atoms with Gasteiger partial charge in [-0.25, -0.2) is 0 Å². The van der Waals surface area contributed by atoms with Crippen LogP contribution in [-0.2, 0) is 9.59 Å². The molecule has 0 aromatic heterocycles. The first-order valence-corrected chi connectivity index (χ1v) is 12.8. The van der Waals surface area contributed by atoms with E-state index in [4.69, 9.17) is 27.9 Å². The molecule has 5 nitrogen and oxygen atoms in total. The van der Waals surface area contributed by atoms with Crippen molar-refractivity contribution in [3.8, 4) is 5.75 Å². The van der Waals surface area contributed by atoms with E-state index in [9.17, 15) is 9.59 Å². The van der Waals surface area contributed by atoms with Gasteiger partial charge in [-0.15, -0.1) is 0 Å². The Morgan fingerprint density at radius 2 is 1.69 bits per heavy atom. The highest BCUT2D eigenvalue weighted by atomic mass is 35.5. The molecule has 2 amide bonds. The van der Waals surface area contributed by atoms with E-state index in [1.54, 1.807) is 30.1 Å². The van der Waals surface area contributed by atoms with Gasteiger partial charge in [0.2, 0.25) is 5.91 Å². The number of aryl methyl sites for hydroxylation is 2. The summed E-state index contributed by atoms with van der Waals surface area (Å²) in [4.78, 5) is 28.8. The lowest BCUT2D eigenvalue weighted by Crippen LogP contribution is -2.60. The zero-order valence-electron chi connectivity index (χ0n) is 21.5. The molecule has 0 bridgehead atoms. The zero-order valence-corrected chi connectivity index (χ0v) is 23.0. The number of nitrogens with one attached hydrogen (secondary N) is 1. The molecular weight excluding hydrogens is 483 g/mol. The monoisotopic (exact) mass is 518 g/mol. The Kier molecular flexibility index (Phi) is 8.44. The fourth-order valence-corrected chi connectivity index (χ4v) is 5.45. The summed E-state index contributed by atoms with van der Waals surface area (Å²) in [7, 11) is 1.71. The molecule has 0 radical (unpaired) electrons. The van der Waals surface area contributed by atoms with Crippen LogP contribution in [0.3, 0.4) is 0 Å². The Morgan fingerprint density at radius 1 is 1.09 bits per heavy atom. The molecule has 1 N–H and O–H groups in total. The summed E-state index contributed by atoms with van der Waals surface area (Å²) in [6.07, 6.45) is 2.92. The number of amides is 2. The molecule has 0 heterocycles. The number of likely N-dealkylation sites (N-methyl/N-ethyl adjacent to an activating group) is 1. The van der Waals surface area contributed by atoms with Crippen molar-refractivity contribution < 1.29 is 14.3 Å². The maximum absolute atomic E-state index is 13.9. The Hall–Kier alpha value is -2.24. The van der Waals surface area contributed by atoms with Crippen LogP contribution in [0, 0.1) is 25.2 Å². The van der Waals surface area contributed by atoms with E-state index < -0.39 is 5.54 Å². The predicted octanol–water partition coefficient (Wildman–Crippen LogP) is 7.06. The molecule has 2 aromatic rings. The van der Waals surface area contributed by atoms with E-state index in [1.807, 2.05) is 32.0 Å². The highest BCUT2D eigenvalue weighted by Crippen LogP contribution is 2.44. The fraction of sp³-hybridized carbons (Fsp3) is 0.500. The van der Waals surface area contributed by atoms with Crippen molar-refractivity contribution >= 4 is 40.7 Å². The first-order valence-electron chi connectivity index (χ1n) is 12.1. The number of carbonyl (C=O) groups is 2. The van der Waals surface area contributed by atoms with Crippen LogP contribution in [0.5, 0.6) is 5.75 Å². The first kappa shape index (κ1) is 27.3. The lowest BCUT2D eigenvalue weighted by Gasteiger charge is -2.47. The van der Waals surface area contributed by atoms with Crippen LogP contribution in [0.2, 0.25) is 10.0 Å². The molecule has 0 saturated heterocycles. The van der Waals surface area contributed by atoms with Crippen LogP contribution in [0.15, 0.2) is 36.4 Å². The number of carbonyl (C=O) groups excluding carboxylic acids is 2. The predicted molar refractivity (Wildman–Crippen MR) is 143 cm³/mol. The van der Waals surface area contributed by atoms with Gasteiger partial charge in [0.15, 0.2) is 6.61 Å². The van der Waals surface area contributed by atoms with Crippen LogP contribution >= 0.6 is 23.2 Å². The van der Waals surface area contributed by atoms with E-state index in [0.717, 1.165) is 29.7 Å². The standard InChI is InChI=1S/C28H36Cl2N2O3/c1-18-8-7-9-19(2)25(18)31-26(34)28(14-12-20(13-15-28)27(3,4)5)32(6)24(33)17-35-23-11-10-21(29)16-22(23)30/h7-11,16,20H,12-15,17H2,1-6H3,(H,31,34). The highest BCUT2D eigenvalue weighted by Gasteiger charge is 2.48. The molecule has 35 heavy (non-hydrogen) atoms. The second kappa shape index (κ2) is 10.8. The van der Waals surface area contributed by atoms with Gasteiger partial charge in [-0.2, -0.15) is 0 Å². The minimum absolute atomic E-state index is 0.145. The summed E-state index contributed by atoms with van der Waals surface area (Å²) in [5, 5.41) is 3.98. The topological polar surface area (TPSA) is 58.6 Å². The maximum atomic E-state index is 13.9. The van der Waals surface area contributed by atoms with Crippen molar-refractivity contribution in [2.75, 3.05) is 19.0 Å². The van der Waals surface area contributed by atoms with Gasteiger partial charge in [0.05, 0.1) is 5.02 Å². The van der Waals surface area contributed by atoms with Crippen LogP contribution < -0.4 is 10.1 Å². The average Bonchev–Trinajstić information content (AvgIpc) is 2.79. The molecule has 2 aromatic carbocycles. The van der Waals surface area contributed by atoms with Gasteiger partial charge in [-0.1, -0.05) is 62.2 Å². The van der Waals surface area contributed by atoms with Crippen molar-refractivity contribution in [1.29, 1.82) is 0 Å². The summed E-state index contributed by atoms with van der Waals surface area (Å²) in [6.45, 7) is 10.4. The van der Waals surface area contributed by atoms with Gasteiger partial charge in [-0.05, 0) is 80.2 Å². The lowest BCUT2D eigenvalue weighted by molar-refractivity contribution is -0.148. The third-order valence-electron chi connectivity index (χ3n) is 7.44. The van der Waals surface area contributed by atoms with Crippen LogP contribution in [-0.4, -0.2) is 35.9 Å². The molecule has 0 aliphatic heterocycles. The Balaban J connectivity index is 1.84. The Labute approximate surface area is 219 Å². The van der Waals surface area contributed by atoms with Crippen molar-refractivity contribution in [3.05, 3.63) is 57.6 Å². The minimum atomic E-state index is -0.958. The molecule has 7 heteroatoms. The SMILES string of the molecule is Cc1cccc(C)c1NC(=O)C1(N(C)C(=O)COc2ccc(Cl)cc2Cl)CCC(C(C)(C)C)CC1. The minimum Gasteiger partial charge on any atom is -0.482 e. The molecule has 0 atom stereocenters. The number of hydrogen-bond donors (Lipinski definition) is 1. The second-order valence-electron chi connectivity index (χ2n) is 10.7. The van der Waals surface area contributed by atoms with E-state index in [2.05, 4.69) is 26.1 Å². The molecular formula is C28H36Cl2N2O3. The van der Waals surface area contributed by atoms with Crippen molar-refractivity contribution in [1.82, 2.24) is 4.90 Å². The molecule has 1 fully saturated rings. The Bertz CT molecular complexity index is 1070.